The Balaban J connectivity index is 2.08. The SMILES string of the molecule is COC(=O)Cc1nc(N2CC(N)CC2=O)n[nH]1. The molecule has 1 aromatic heterocycles. The molecule has 0 spiro atoms. The van der Waals surface area contributed by atoms with Crippen LogP contribution in [0.5, 0.6) is 0 Å². The minimum atomic E-state index is -0.419. The highest BCUT2D eigenvalue weighted by Gasteiger charge is 2.30. The summed E-state index contributed by atoms with van der Waals surface area (Å²) in [5, 5.41) is 6.46. The molecule has 1 amide bonds. The number of H-pyrrole nitrogens is 1. The summed E-state index contributed by atoms with van der Waals surface area (Å²) >= 11 is 0. The fraction of sp³-hybridized carbons (Fsp3) is 0.556. The number of esters is 1. The van der Waals surface area contributed by atoms with Crippen LogP contribution in [0.2, 0.25) is 0 Å². The molecule has 8 nitrogen and oxygen atoms in total. The van der Waals surface area contributed by atoms with E-state index in [-0.39, 0.29) is 24.3 Å². The van der Waals surface area contributed by atoms with Crippen LogP contribution >= 0.6 is 0 Å². The number of carbonyl (C=O) groups excluding carboxylic acids is 2. The van der Waals surface area contributed by atoms with Gasteiger partial charge in [-0.1, -0.05) is 0 Å². The molecule has 1 atom stereocenters. The summed E-state index contributed by atoms with van der Waals surface area (Å²) in [6.45, 7) is 0.397. The number of nitrogens with one attached hydrogen (secondary N) is 1. The predicted molar refractivity (Wildman–Crippen MR) is 57.0 cm³/mol. The minimum Gasteiger partial charge on any atom is -0.469 e. The van der Waals surface area contributed by atoms with Gasteiger partial charge in [-0.3, -0.25) is 19.6 Å². The first-order valence-corrected chi connectivity index (χ1v) is 5.14. The maximum Gasteiger partial charge on any atom is 0.313 e. The molecule has 92 valence electrons. The number of ether oxygens (including phenoxy) is 1. The van der Waals surface area contributed by atoms with Gasteiger partial charge in [-0.2, -0.15) is 4.98 Å². The molecule has 1 aliphatic rings. The smallest absolute Gasteiger partial charge is 0.313 e. The van der Waals surface area contributed by atoms with Crippen molar-refractivity contribution in [1.82, 2.24) is 15.2 Å². The van der Waals surface area contributed by atoms with Crippen LogP contribution in [0, 0.1) is 0 Å². The first-order valence-electron chi connectivity index (χ1n) is 5.14. The van der Waals surface area contributed by atoms with E-state index < -0.39 is 5.97 Å². The Morgan fingerprint density at radius 2 is 2.47 bits per heavy atom. The van der Waals surface area contributed by atoms with Crippen molar-refractivity contribution in [2.75, 3.05) is 18.6 Å². The standard InChI is InChI=1S/C9H13N5O3/c1-17-8(16)3-6-11-9(13-12-6)14-4-5(10)2-7(14)15/h5H,2-4,10H2,1H3,(H,11,12,13). The van der Waals surface area contributed by atoms with Gasteiger partial charge in [0.2, 0.25) is 5.91 Å². The van der Waals surface area contributed by atoms with Crippen LogP contribution in [0.4, 0.5) is 5.95 Å². The summed E-state index contributed by atoms with van der Waals surface area (Å²) in [6, 6.07) is -0.190. The van der Waals surface area contributed by atoms with Crippen LogP contribution < -0.4 is 10.6 Å². The monoisotopic (exact) mass is 239 g/mol. The lowest BCUT2D eigenvalue weighted by atomic mass is 10.3. The second-order valence-corrected chi connectivity index (χ2v) is 3.80. The van der Waals surface area contributed by atoms with Gasteiger partial charge in [0.1, 0.15) is 12.2 Å². The van der Waals surface area contributed by atoms with Crippen molar-refractivity contribution in [2.45, 2.75) is 18.9 Å². The summed E-state index contributed by atoms with van der Waals surface area (Å²) in [5.74, 6) is 0.0836. The first kappa shape index (κ1) is 11.5. The number of anilines is 1. The highest BCUT2D eigenvalue weighted by Crippen LogP contribution is 2.16. The van der Waals surface area contributed by atoms with Gasteiger partial charge in [-0.15, -0.1) is 5.10 Å². The number of aromatic amines is 1. The molecule has 1 unspecified atom stereocenters. The van der Waals surface area contributed by atoms with Crippen LogP contribution in [0.15, 0.2) is 0 Å². The summed E-state index contributed by atoms with van der Waals surface area (Å²) in [7, 11) is 1.29. The Morgan fingerprint density at radius 1 is 1.71 bits per heavy atom. The zero-order chi connectivity index (χ0) is 12.4. The number of aromatic nitrogens is 3. The average molecular weight is 239 g/mol. The molecule has 17 heavy (non-hydrogen) atoms. The van der Waals surface area contributed by atoms with Crippen molar-refractivity contribution in [3.63, 3.8) is 0 Å². The Kier molecular flexibility index (Phi) is 3.05. The molecule has 1 aliphatic heterocycles. The molecular weight excluding hydrogens is 226 g/mol. The van der Waals surface area contributed by atoms with E-state index in [1.54, 1.807) is 0 Å². The number of nitrogens with two attached hydrogens (primary N) is 1. The summed E-state index contributed by atoms with van der Waals surface area (Å²) in [5.41, 5.74) is 5.66. The molecule has 0 radical (unpaired) electrons. The number of rotatable bonds is 3. The molecule has 0 saturated carbocycles. The molecule has 1 fully saturated rings. The summed E-state index contributed by atoms with van der Waals surface area (Å²) < 4.78 is 4.50. The van der Waals surface area contributed by atoms with E-state index >= 15 is 0 Å². The number of hydrogen-bond donors (Lipinski definition) is 2. The van der Waals surface area contributed by atoms with Gasteiger partial charge in [0.25, 0.3) is 5.95 Å². The Morgan fingerprint density at radius 3 is 3.06 bits per heavy atom. The zero-order valence-corrected chi connectivity index (χ0v) is 9.34. The van der Waals surface area contributed by atoms with Crippen molar-refractivity contribution in [3.05, 3.63) is 5.82 Å². The van der Waals surface area contributed by atoms with Gasteiger partial charge < -0.3 is 10.5 Å². The van der Waals surface area contributed by atoms with Crippen molar-refractivity contribution in [2.24, 2.45) is 5.73 Å². The Labute approximate surface area is 97.1 Å². The van der Waals surface area contributed by atoms with Crippen LogP contribution in [0.3, 0.4) is 0 Å². The number of amides is 1. The van der Waals surface area contributed by atoms with E-state index in [1.165, 1.54) is 12.0 Å². The van der Waals surface area contributed by atoms with Crippen molar-refractivity contribution < 1.29 is 14.3 Å². The molecule has 2 rings (SSSR count). The Bertz CT molecular complexity index is 444. The van der Waals surface area contributed by atoms with Crippen molar-refractivity contribution >= 4 is 17.8 Å². The lowest BCUT2D eigenvalue weighted by Crippen LogP contribution is -2.28. The van der Waals surface area contributed by atoms with E-state index in [9.17, 15) is 9.59 Å². The van der Waals surface area contributed by atoms with Crippen LogP contribution in [0.25, 0.3) is 0 Å². The molecule has 1 saturated heterocycles. The fourth-order valence-corrected chi connectivity index (χ4v) is 1.62. The van der Waals surface area contributed by atoms with Crippen molar-refractivity contribution in [3.8, 4) is 0 Å². The maximum absolute atomic E-state index is 11.5. The molecule has 0 bridgehead atoms. The van der Waals surface area contributed by atoms with E-state index in [2.05, 4.69) is 19.9 Å². The van der Waals surface area contributed by atoms with Crippen LogP contribution in [0.1, 0.15) is 12.2 Å². The third-order valence-corrected chi connectivity index (χ3v) is 2.46. The highest BCUT2D eigenvalue weighted by atomic mass is 16.5. The number of methoxy groups -OCH3 is 1. The largest absolute Gasteiger partial charge is 0.469 e. The molecular formula is C9H13N5O3. The summed E-state index contributed by atoms with van der Waals surface area (Å²) in [6.07, 6.45) is 0.290. The molecule has 3 N–H and O–H groups in total. The molecule has 8 heteroatoms. The van der Waals surface area contributed by atoms with Crippen molar-refractivity contribution in [1.29, 1.82) is 0 Å². The lowest BCUT2D eigenvalue weighted by Gasteiger charge is -2.09. The number of carbonyl (C=O) groups is 2. The number of nitrogens with zero attached hydrogens (tertiary/aromatic N) is 3. The lowest BCUT2D eigenvalue weighted by molar-refractivity contribution is -0.139. The van der Waals surface area contributed by atoms with E-state index in [0.717, 1.165) is 0 Å². The average Bonchev–Trinajstić information content (AvgIpc) is 2.85. The third kappa shape index (κ3) is 2.41. The second kappa shape index (κ2) is 4.50. The number of hydrogen-bond acceptors (Lipinski definition) is 6. The first-order chi connectivity index (χ1) is 8.10. The Hall–Kier alpha value is -1.96. The normalized spacial score (nSPS) is 19.8. The van der Waals surface area contributed by atoms with Gasteiger partial charge in [-0.05, 0) is 0 Å². The molecule has 0 aliphatic carbocycles. The summed E-state index contributed by atoms with van der Waals surface area (Å²) in [4.78, 5) is 28.0. The molecule has 1 aromatic rings. The van der Waals surface area contributed by atoms with E-state index in [4.69, 9.17) is 5.73 Å². The molecule has 2 heterocycles. The fourth-order valence-electron chi connectivity index (χ4n) is 1.62. The molecule has 0 aromatic carbocycles. The maximum atomic E-state index is 11.5. The van der Waals surface area contributed by atoms with Crippen LogP contribution in [-0.2, 0) is 20.7 Å². The minimum absolute atomic E-state index is 0.00240. The van der Waals surface area contributed by atoms with Gasteiger partial charge in [-0.25, -0.2) is 0 Å². The topological polar surface area (TPSA) is 114 Å². The third-order valence-electron chi connectivity index (χ3n) is 2.46. The quantitative estimate of drug-likeness (QED) is 0.626. The predicted octanol–water partition coefficient (Wildman–Crippen LogP) is -1.42. The highest BCUT2D eigenvalue weighted by molar-refractivity contribution is 5.94. The second-order valence-electron chi connectivity index (χ2n) is 3.80. The van der Waals surface area contributed by atoms with Gasteiger partial charge in [0.05, 0.1) is 7.11 Å². The van der Waals surface area contributed by atoms with Gasteiger partial charge in [0.15, 0.2) is 0 Å². The van der Waals surface area contributed by atoms with E-state index in [1.807, 2.05) is 0 Å². The van der Waals surface area contributed by atoms with E-state index in [0.29, 0.717) is 18.8 Å². The van der Waals surface area contributed by atoms with Gasteiger partial charge >= 0.3 is 5.97 Å². The zero-order valence-electron chi connectivity index (χ0n) is 9.34. The van der Waals surface area contributed by atoms with Crippen LogP contribution in [-0.4, -0.2) is 46.8 Å². The van der Waals surface area contributed by atoms with Gasteiger partial charge in [0, 0.05) is 19.0 Å².